The zero-order valence-corrected chi connectivity index (χ0v) is 20.4. The fourth-order valence-electron chi connectivity index (χ4n) is 4.39. The molecular weight excluding hydrogens is 448 g/mol. The van der Waals surface area contributed by atoms with Gasteiger partial charge in [-0.2, -0.15) is 0 Å². The van der Waals surface area contributed by atoms with Gasteiger partial charge >= 0.3 is 5.97 Å². The van der Waals surface area contributed by atoms with Crippen LogP contribution in [0.15, 0.2) is 42.6 Å². The molecule has 1 aromatic heterocycles. The van der Waals surface area contributed by atoms with Crippen molar-refractivity contribution in [2.24, 2.45) is 0 Å². The number of nitrogens with one attached hydrogen (secondary N) is 2. The van der Waals surface area contributed by atoms with Crippen LogP contribution in [0.4, 0.5) is 5.95 Å². The topological polar surface area (TPSA) is 126 Å². The number of nitrogens with zero attached hydrogens (tertiary/aromatic N) is 2. The Hall–Kier alpha value is -3.27. The van der Waals surface area contributed by atoms with Gasteiger partial charge in [0.25, 0.3) is 0 Å². The molecule has 0 radical (unpaired) electrons. The second-order valence-corrected chi connectivity index (χ2v) is 9.72. The molecule has 4 N–H and O–H groups in total. The average molecular weight is 481 g/mol. The molecule has 0 spiro atoms. The molecule has 1 unspecified atom stereocenters. The van der Waals surface area contributed by atoms with E-state index >= 15 is 0 Å². The molecule has 0 saturated heterocycles. The third kappa shape index (κ3) is 6.05. The Labute approximate surface area is 204 Å². The molecule has 0 bridgehead atoms. The van der Waals surface area contributed by atoms with E-state index in [0.717, 1.165) is 35.7 Å². The number of aromatic carboxylic acids is 1. The first-order valence-corrected chi connectivity index (χ1v) is 11.7. The summed E-state index contributed by atoms with van der Waals surface area (Å²) in [6.45, 7) is 5.70. The number of benzene rings is 2. The molecule has 1 heterocycles. The first kappa shape index (κ1) is 24.8. The lowest BCUT2D eigenvalue weighted by Crippen LogP contribution is -2.48. The van der Waals surface area contributed by atoms with E-state index in [1.165, 1.54) is 6.07 Å². The van der Waals surface area contributed by atoms with Crippen LogP contribution in [-0.2, 0) is 4.74 Å². The van der Waals surface area contributed by atoms with E-state index in [-0.39, 0.29) is 17.6 Å². The average Bonchev–Trinajstić information content (AvgIpc) is 3.23. The molecule has 0 aliphatic heterocycles. The molecule has 1 fully saturated rings. The van der Waals surface area contributed by atoms with Crippen LogP contribution in [0.25, 0.3) is 22.0 Å². The number of anilines is 1. The smallest absolute Gasteiger partial charge is 0.335 e. The molecule has 1 aliphatic rings. The molecular formula is C26H32N4O5. The number of hydrogen-bond donors (Lipinski definition) is 4. The Morgan fingerprint density at radius 3 is 2.63 bits per heavy atom. The fourth-order valence-corrected chi connectivity index (χ4v) is 4.39. The summed E-state index contributed by atoms with van der Waals surface area (Å²) in [6, 6.07) is 10.6. The number of carboxylic acid groups (broad SMARTS) is 1. The highest BCUT2D eigenvalue weighted by Gasteiger charge is 2.30. The van der Waals surface area contributed by atoms with Crippen molar-refractivity contribution in [1.29, 1.82) is 0 Å². The first-order valence-electron chi connectivity index (χ1n) is 11.7. The fraction of sp³-hybridized carbons (Fsp3) is 0.423. The Morgan fingerprint density at radius 2 is 1.91 bits per heavy atom. The summed E-state index contributed by atoms with van der Waals surface area (Å²) in [5.41, 5.74) is 2.00. The highest BCUT2D eigenvalue weighted by atomic mass is 16.6. The number of carbonyl (C=O) groups is 1. The van der Waals surface area contributed by atoms with Crippen LogP contribution in [0.3, 0.4) is 0 Å². The lowest BCUT2D eigenvalue weighted by molar-refractivity contribution is -0.185. The Balaban J connectivity index is 1.52. The lowest BCUT2D eigenvalue weighted by Gasteiger charge is -2.29. The van der Waals surface area contributed by atoms with E-state index in [0.29, 0.717) is 17.3 Å². The van der Waals surface area contributed by atoms with Crippen LogP contribution in [-0.4, -0.2) is 57.4 Å². The summed E-state index contributed by atoms with van der Waals surface area (Å²) in [5.74, 6) is 0.109. The Bertz CT molecular complexity index is 1210. The summed E-state index contributed by atoms with van der Waals surface area (Å²) in [7, 11) is 1.56. The summed E-state index contributed by atoms with van der Waals surface area (Å²) < 4.78 is 11.0. The van der Waals surface area contributed by atoms with Crippen molar-refractivity contribution in [3.05, 3.63) is 48.2 Å². The predicted molar refractivity (Wildman–Crippen MR) is 134 cm³/mol. The summed E-state index contributed by atoms with van der Waals surface area (Å²) in [4.78, 5) is 20.6. The quantitative estimate of drug-likeness (QED) is 0.354. The van der Waals surface area contributed by atoms with Crippen LogP contribution in [0, 0.1) is 0 Å². The summed E-state index contributed by atoms with van der Waals surface area (Å²) >= 11 is 0. The minimum atomic E-state index is -1.05. The van der Waals surface area contributed by atoms with Crippen LogP contribution >= 0.6 is 0 Å². The highest BCUT2D eigenvalue weighted by Crippen LogP contribution is 2.33. The van der Waals surface area contributed by atoms with Crippen molar-refractivity contribution in [2.75, 3.05) is 12.4 Å². The maximum atomic E-state index is 11.4. The number of aromatic nitrogens is 2. The predicted octanol–water partition coefficient (Wildman–Crippen LogP) is 4.02. The van der Waals surface area contributed by atoms with Gasteiger partial charge in [-0.05, 0) is 75.9 Å². The van der Waals surface area contributed by atoms with Crippen molar-refractivity contribution in [3.63, 3.8) is 0 Å². The van der Waals surface area contributed by atoms with Crippen LogP contribution in [0.1, 0.15) is 50.4 Å². The van der Waals surface area contributed by atoms with Gasteiger partial charge in [-0.15, -0.1) is 0 Å². The second-order valence-electron chi connectivity index (χ2n) is 9.72. The summed E-state index contributed by atoms with van der Waals surface area (Å²) in [6.07, 6.45) is 3.56. The largest absolute Gasteiger partial charge is 0.496 e. The molecule has 1 aliphatic carbocycles. The van der Waals surface area contributed by atoms with E-state index in [4.69, 9.17) is 9.47 Å². The van der Waals surface area contributed by atoms with E-state index in [1.807, 2.05) is 39.0 Å². The Kier molecular flexibility index (Phi) is 7.20. The number of hydrogen-bond acceptors (Lipinski definition) is 8. The number of fused-ring (bicyclic) bond motifs is 1. The van der Waals surface area contributed by atoms with Gasteiger partial charge in [0.1, 0.15) is 5.75 Å². The number of methoxy groups -OCH3 is 1. The lowest BCUT2D eigenvalue weighted by atomic mass is 10.0. The third-order valence-corrected chi connectivity index (χ3v) is 5.99. The molecule has 2 aromatic carbocycles. The van der Waals surface area contributed by atoms with E-state index < -0.39 is 18.0 Å². The number of carboxylic acids is 1. The van der Waals surface area contributed by atoms with Crippen LogP contribution in [0.2, 0.25) is 0 Å². The number of ether oxygens (including phenoxy) is 2. The first-order chi connectivity index (χ1) is 16.6. The van der Waals surface area contributed by atoms with E-state index in [2.05, 4.69) is 20.6 Å². The van der Waals surface area contributed by atoms with Crippen molar-refractivity contribution >= 4 is 22.8 Å². The number of rotatable bonds is 8. The van der Waals surface area contributed by atoms with Gasteiger partial charge in [0.05, 0.1) is 23.8 Å². The Morgan fingerprint density at radius 1 is 1.14 bits per heavy atom. The molecule has 0 amide bonds. The van der Waals surface area contributed by atoms with E-state index in [1.54, 1.807) is 25.4 Å². The number of aliphatic hydroxyl groups excluding tert-OH is 1. The molecule has 35 heavy (non-hydrogen) atoms. The van der Waals surface area contributed by atoms with Crippen molar-refractivity contribution in [1.82, 2.24) is 15.3 Å². The van der Waals surface area contributed by atoms with Crippen molar-refractivity contribution in [3.8, 4) is 16.9 Å². The minimum absolute atomic E-state index is 0.0306. The number of aliphatic hydroxyl groups is 1. The maximum Gasteiger partial charge on any atom is 0.335 e. The molecule has 9 nitrogen and oxygen atoms in total. The maximum absolute atomic E-state index is 11.4. The van der Waals surface area contributed by atoms with Crippen LogP contribution < -0.4 is 15.4 Å². The van der Waals surface area contributed by atoms with Crippen molar-refractivity contribution in [2.45, 2.75) is 64.1 Å². The molecule has 4 rings (SSSR count). The van der Waals surface area contributed by atoms with Gasteiger partial charge in [0.15, 0.2) is 0 Å². The molecule has 3 atom stereocenters. The van der Waals surface area contributed by atoms with E-state index in [9.17, 15) is 15.0 Å². The SMILES string of the molecule is COc1ccc(C(=O)O)cc1-c1ccc2nc(N[C@@H]3CCC[C@@H]3NC(O)OC(C)(C)C)ncc2c1. The monoisotopic (exact) mass is 480 g/mol. The zero-order chi connectivity index (χ0) is 25.2. The normalized spacial score (nSPS) is 19.0. The summed E-state index contributed by atoms with van der Waals surface area (Å²) in [5, 5.41) is 27.0. The minimum Gasteiger partial charge on any atom is -0.496 e. The van der Waals surface area contributed by atoms with Gasteiger partial charge in [-0.25, -0.2) is 14.8 Å². The molecule has 9 heteroatoms. The molecule has 186 valence electrons. The van der Waals surface area contributed by atoms with Gasteiger partial charge in [-0.1, -0.05) is 6.07 Å². The van der Waals surface area contributed by atoms with Crippen LogP contribution in [0.5, 0.6) is 5.75 Å². The van der Waals surface area contributed by atoms with Gasteiger partial charge < -0.3 is 25.0 Å². The standard InChI is InChI=1S/C26H32N4O5/c1-26(2,3)35-25(33)30-21-7-5-6-20(21)29-24-27-14-17-12-15(8-10-19(17)28-24)18-13-16(23(31)32)9-11-22(18)34-4/h8-14,20-21,25,30,33H,5-7H2,1-4H3,(H,31,32)(H,27,28,29)/t20-,21+,25?/m1/s1. The molecule has 3 aromatic rings. The zero-order valence-electron chi connectivity index (χ0n) is 20.4. The van der Waals surface area contributed by atoms with Crippen molar-refractivity contribution < 1.29 is 24.5 Å². The highest BCUT2D eigenvalue weighted by molar-refractivity contribution is 5.92. The second kappa shape index (κ2) is 10.2. The third-order valence-electron chi connectivity index (χ3n) is 5.99. The molecule has 1 saturated carbocycles. The van der Waals surface area contributed by atoms with Gasteiger partial charge in [0.2, 0.25) is 12.4 Å². The van der Waals surface area contributed by atoms with Gasteiger partial charge in [0, 0.05) is 29.2 Å². The van der Waals surface area contributed by atoms with Gasteiger partial charge in [-0.3, -0.25) is 5.32 Å².